The van der Waals surface area contributed by atoms with Gasteiger partial charge in [-0.3, -0.25) is 9.89 Å². The highest BCUT2D eigenvalue weighted by molar-refractivity contribution is 6.04. The van der Waals surface area contributed by atoms with Gasteiger partial charge in [-0.15, -0.1) is 0 Å². The van der Waals surface area contributed by atoms with Gasteiger partial charge in [0.2, 0.25) is 0 Å². The van der Waals surface area contributed by atoms with E-state index in [0.29, 0.717) is 6.04 Å². The molecule has 0 aliphatic carbocycles. The first-order valence-electron chi connectivity index (χ1n) is 7.57. The lowest BCUT2D eigenvalue weighted by atomic mass is 10.1. The zero-order chi connectivity index (χ0) is 15.1. The van der Waals surface area contributed by atoms with Gasteiger partial charge in [0.25, 0.3) is 0 Å². The molecule has 0 spiro atoms. The van der Waals surface area contributed by atoms with Crippen LogP contribution in [0.3, 0.4) is 0 Å². The summed E-state index contributed by atoms with van der Waals surface area (Å²) in [5.41, 5.74) is 2.68. The number of likely N-dealkylation sites (N-methyl/N-ethyl adjacent to an activating group) is 1. The molecule has 18 heavy (non-hydrogen) atoms. The molecule has 110 valence electrons. The van der Waals surface area contributed by atoms with Crippen LogP contribution in [0.15, 0.2) is 16.6 Å². The third kappa shape index (κ3) is 7.65. The summed E-state index contributed by atoms with van der Waals surface area (Å²) in [6.07, 6.45) is 3.39. The van der Waals surface area contributed by atoms with Crippen LogP contribution in [0.25, 0.3) is 0 Å². The van der Waals surface area contributed by atoms with E-state index in [0.717, 1.165) is 13.0 Å². The summed E-state index contributed by atoms with van der Waals surface area (Å²) in [5.74, 6) is 0. The van der Waals surface area contributed by atoms with Gasteiger partial charge in [0, 0.05) is 19.6 Å². The van der Waals surface area contributed by atoms with Gasteiger partial charge in [0.1, 0.15) is 0 Å². The van der Waals surface area contributed by atoms with Crippen molar-refractivity contribution in [3.63, 3.8) is 0 Å². The molecule has 1 atom stereocenters. The Morgan fingerprint density at radius 3 is 1.94 bits per heavy atom. The molecule has 0 aromatic rings. The first-order valence-corrected chi connectivity index (χ1v) is 7.57. The van der Waals surface area contributed by atoms with Crippen molar-refractivity contribution in [1.29, 1.82) is 0 Å². The standard InChI is InChI=1S/C10H18N2.3C2H6/c1-5-6-9-8(2)12(4)7-10(9)11-3;3*1-2/h6,8H,5,7H2,1-4H3;3*1-2H3/b9-6-,11-10?;;;. The lowest BCUT2D eigenvalue weighted by Gasteiger charge is -2.13. The molecule has 1 saturated heterocycles. The summed E-state index contributed by atoms with van der Waals surface area (Å²) in [6.45, 7) is 17.4. The summed E-state index contributed by atoms with van der Waals surface area (Å²) >= 11 is 0. The molecule has 0 N–H and O–H groups in total. The van der Waals surface area contributed by atoms with Crippen LogP contribution >= 0.6 is 0 Å². The van der Waals surface area contributed by atoms with Gasteiger partial charge >= 0.3 is 0 Å². The molecule has 2 heteroatoms. The molecule has 1 aliphatic heterocycles. The van der Waals surface area contributed by atoms with E-state index in [1.165, 1.54) is 11.3 Å². The van der Waals surface area contributed by atoms with Gasteiger partial charge < -0.3 is 0 Å². The Labute approximate surface area is 116 Å². The molecule has 0 amide bonds. The third-order valence-electron chi connectivity index (χ3n) is 2.54. The third-order valence-corrected chi connectivity index (χ3v) is 2.54. The Morgan fingerprint density at radius 1 is 1.17 bits per heavy atom. The monoisotopic (exact) mass is 256 g/mol. The number of likely N-dealkylation sites (tertiary alicyclic amines) is 1. The molecule has 0 radical (unpaired) electrons. The number of hydrogen-bond acceptors (Lipinski definition) is 2. The van der Waals surface area contributed by atoms with Gasteiger partial charge in [-0.2, -0.15) is 0 Å². The normalized spacial score (nSPS) is 22.4. The number of nitrogens with zero attached hydrogens (tertiary/aromatic N) is 2. The van der Waals surface area contributed by atoms with Crippen molar-refractivity contribution < 1.29 is 0 Å². The predicted octanol–water partition coefficient (Wildman–Crippen LogP) is 4.81. The van der Waals surface area contributed by atoms with E-state index >= 15 is 0 Å². The van der Waals surface area contributed by atoms with Crippen LogP contribution < -0.4 is 0 Å². The van der Waals surface area contributed by atoms with Crippen LogP contribution in [-0.4, -0.2) is 37.3 Å². The van der Waals surface area contributed by atoms with Crippen LogP contribution in [0, 0.1) is 0 Å². The zero-order valence-corrected chi connectivity index (χ0v) is 14.5. The first kappa shape index (κ1) is 22.5. The largest absolute Gasteiger partial charge is 0.294 e. The predicted molar refractivity (Wildman–Crippen MR) is 87.9 cm³/mol. The maximum Gasteiger partial charge on any atom is 0.0529 e. The molecule has 2 nitrogen and oxygen atoms in total. The van der Waals surface area contributed by atoms with Crippen LogP contribution in [0.1, 0.15) is 61.8 Å². The molecule has 0 aromatic heterocycles. The fourth-order valence-electron chi connectivity index (χ4n) is 1.65. The minimum absolute atomic E-state index is 0.545. The second-order valence-corrected chi connectivity index (χ2v) is 3.33. The van der Waals surface area contributed by atoms with Gasteiger partial charge in [-0.05, 0) is 26.0 Å². The molecule has 1 rings (SSSR count). The minimum Gasteiger partial charge on any atom is -0.294 e. The van der Waals surface area contributed by atoms with Crippen LogP contribution in [0.2, 0.25) is 0 Å². The number of aliphatic imine (C=N–C) groups is 1. The van der Waals surface area contributed by atoms with Crippen LogP contribution in [0.5, 0.6) is 0 Å². The topological polar surface area (TPSA) is 15.6 Å². The molecule has 0 aromatic carbocycles. The van der Waals surface area contributed by atoms with Crippen LogP contribution in [-0.2, 0) is 0 Å². The smallest absolute Gasteiger partial charge is 0.0529 e. The number of allylic oxidation sites excluding steroid dienone is 1. The molecular weight excluding hydrogens is 220 g/mol. The van der Waals surface area contributed by atoms with Gasteiger partial charge in [-0.1, -0.05) is 54.5 Å². The molecule has 1 aliphatic rings. The summed E-state index contributed by atoms with van der Waals surface area (Å²) in [6, 6.07) is 0.545. The van der Waals surface area contributed by atoms with Crippen molar-refractivity contribution in [2.45, 2.75) is 67.9 Å². The van der Waals surface area contributed by atoms with Crippen molar-refractivity contribution in [1.82, 2.24) is 4.90 Å². The van der Waals surface area contributed by atoms with Gasteiger partial charge in [0.15, 0.2) is 0 Å². The lowest BCUT2D eigenvalue weighted by molar-refractivity contribution is 0.357. The van der Waals surface area contributed by atoms with Crippen molar-refractivity contribution >= 4 is 5.71 Å². The van der Waals surface area contributed by atoms with Gasteiger partial charge in [-0.25, -0.2) is 0 Å². The van der Waals surface area contributed by atoms with Crippen molar-refractivity contribution in [2.24, 2.45) is 4.99 Å². The van der Waals surface area contributed by atoms with Crippen molar-refractivity contribution in [3.05, 3.63) is 11.6 Å². The molecule has 0 bridgehead atoms. The summed E-state index contributed by atoms with van der Waals surface area (Å²) in [4.78, 5) is 6.62. The first-order chi connectivity index (χ1) is 8.70. The lowest BCUT2D eigenvalue weighted by Crippen LogP contribution is -2.22. The summed E-state index contributed by atoms with van der Waals surface area (Å²) < 4.78 is 0. The Bertz CT molecular complexity index is 217. The van der Waals surface area contributed by atoms with E-state index < -0.39 is 0 Å². The highest BCUT2D eigenvalue weighted by atomic mass is 15.2. The van der Waals surface area contributed by atoms with E-state index in [2.05, 4.69) is 36.9 Å². The van der Waals surface area contributed by atoms with E-state index in [9.17, 15) is 0 Å². The minimum atomic E-state index is 0.545. The Balaban J connectivity index is -0.000000328. The Morgan fingerprint density at radius 2 is 1.61 bits per heavy atom. The Hall–Kier alpha value is -0.630. The SMILES string of the molecule is CC.CC.CC.CC/C=C1\C(=NC)CN(C)C1C. The molecule has 0 saturated carbocycles. The summed E-state index contributed by atoms with van der Waals surface area (Å²) in [7, 11) is 4.02. The fraction of sp³-hybridized carbons (Fsp3) is 0.812. The quantitative estimate of drug-likeness (QED) is 0.657. The van der Waals surface area contributed by atoms with Crippen LogP contribution in [0.4, 0.5) is 0 Å². The summed E-state index contributed by atoms with van der Waals surface area (Å²) in [5, 5.41) is 0. The Kier molecular flexibility index (Phi) is 20.5. The van der Waals surface area contributed by atoms with E-state index in [1.54, 1.807) is 0 Å². The maximum atomic E-state index is 4.30. The number of rotatable bonds is 1. The average molecular weight is 256 g/mol. The second kappa shape index (κ2) is 16.4. The highest BCUT2D eigenvalue weighted by Gasteiger charge is 2.26. The maximum absolute atomic E-state index is 4.30. The van der Waals surface area contributed by atoms with Crippen molar-refractivity contribution in [3.8, 4) is 0 Å². The second-order valence-electron chi connectivity index (χ2n) is 3.33. The molecule has 1 heterocycles. The molecular formula is C16H36N2. The fourth-order valence-corrected chi connectivity index (χ4v) is 1.65. The van der Waals surface area contributed by atoms with E-state index in [4.69, 9.17) is 0 Å². The van der Waals surface area contributed by atoms with Crippen molar-refractivity contribution in [2.75, 3.05) is 20.6 Å². The van der Waals surface area contributed by atoms with E-state index in [-0.39, 0.29) is 0 Å². The number of hydrogen-bond donors (Lipinski definition) is 0. The van der Waals surface area contributed by atoms with Gasteiger partial charge in [0.05, 0.1) is 5.71 Å². The molecule has 1 unspecified atom stereocenters. The molecule has 1 fully saturated rings. The average Bonchev–Trinajstić information content (AvgIpc) is 2.73. The zero-order valence-electron chi connectivity index (χ0n) is 14.5. The van der Waals surface area contributed by atoms with E-state index in [1.807, 2.05) is 48.6 Å². The highest BCUT2D eigenvalue weighted by Crippen LogP contribution is 2.19.